The molecule has 0 aliphatic rings. The summed E-state index contributed by atoms with van der Waals surface area (Å²) in [7, 11) is 3.54. The van der Waals surface area contributed by atoms with Gasteiger partial charge in [-0.15, -0.1) is 0 Å². The minimum Gasteiger partial charge on any atom is -0.361 e. The lowest BCUT2D eigenvalue weighted by molar-refractivity contribution is -0.137. The van der Waals surface area contributed by atoms with Gasteiger partial charge in [-0.25, -0.2) is 4.68 Å². The quantitative estimate of drug-likeness (QED) is 0.852. The van der Waals surface area contributed by atoms with Gasteiger partial charge >= 0.3 is 6.18 Å². The number of anilines is 1. The van der Waals surface area contributed by atoms with Crippen molar-refractivity contribution in [2.45, 2.75) is 6.18 Å². The fourth-order valence-electron chi connectivity index (χ4n) is 1.76. The fourth-order valence-corrected chi connectivity index (χ4v) is 2.06. The molecule has 0 fully saturated rings. The van der Waals surface area contributed by atoms with Gasteiger partial charge in [-0.05, 0) is 12.1 Å². The first-order chi connectivity index (χ1) is 9.74. The predicted molar refractivity (Wildman–Crippen MR) is 72.6 cm³/mol. The van der Waals surface area contributed by atoms with Crippen molar-refractivity contribution in [3.8, 4) is 11.8 Å². The number of alkyl halides is 3. The van der Waals surface area contributed by atoms with Crippen molar-refractivity contribution in [3.63, 3.8) is 0 Å². The fraction of sp³-hybridized carbons (Fsp3) is 0.231. The molecule has 0 bridgehead atoms. The van der Waals surface area contributed by atoms with Crippen molar-refractivity contribution in [2.24, 2.45) is 0 Å². The average molecular weight is 315 g/mol. The van der Waals surface area contributed by atoms with Crippen molar-refractivity contribution in [1.82, 2.24) is 9.78 Å². The molecule has 8 heteroatoms. The SMILES string of the molecule is CN(C)c1ccn(-c2c(Cl)cc(C(F)(F)F)cc2C#N)n1. The van der Waals surface area contributed by atoms with Crippen molar-refractivity contribution < 1.29 is 13.2 Å². The van der Waals surface area contributed by atoms with E-state index in [1.54, 1.807) is 31.1 Å². The van der Waals surface area contributed by atoms with Gasteiger partial charge in [-0.2, -0.15) is 23.5 Å². The number of benzene rings is 1. The van der Waals surface area contributed by atoms with E-state index in [2.05, 4.69) is 5.10 Å². The van der Waals surface area contributed by atoms with E-state index in [1.165, 1.54) is 10.9 Å². The second-order valence-corrected chi connectivity index (χ2v) is 4.88. The van der Waals surface area contributed by atoms with E-state index in [9.17, 15) is 13.2 Å². The van der Waals surface area contributed by atoms with Crippen LogP contribution in [0, 0.1) is 11.3 Å². The van der Waals surface area contributed by atoms with Crippen LogP contribution in [0.3, 0.4) is 0 Å². The van der Waals surface area contributed by atoms with Crippen LogP contribution < -0.4 is 4.90 Å². The van der Waals surface area contributed by atoms with Crippen LogP contribution >= 0.6 is 11.6 Å². The Morgan fingerprint density at radius 3 is 2.48 bits per heavy atom. The van der Waals surface area contributed by atoms with Crippen LogP contribution in [-0.2, 0) is 6.18 Å². The molecular formula is C13H10ClF3N4. The highest BCUT2D eigenvalue weighted by Gasteiger charge is 2.32. The summed E-state index contributed by atoms with van der Waals surface area (Å²) in [5.74, 6) is 0.592. The lowest BCUT2D eigenvalue weighted by Crippen LogP contribution is -2.11. The molecule has 0 saturated heterocycles. The van der Waals surface area contributed by atoms with Crippen LogP contribution in [0.25, 0.3) is 5.69 Å². The van der Waals surface area contributed by atoms with Crippen molar-refractivity contribution in [1.29, 1.82) is 5.26 Å². The second kappa shape index (κ2) is 5.30. The molecule has 0 N–H and O–H groups in total. The molecule has 2 rings (SSSR count). The monoisotopic (exact) mass is 314 g/mol. The highest BCUT2D eigenvalue weighted by Crippen LogP contribution is 2.35. The first-order valence-electron chi connectivity index (χ1n) is 5.78. The molecule has 1 aromatic heterocycles. The molecule has 0 saturated carbocycles. The second-order valence-electron chi connectivity index (χ2n) is 4.48. The van der Waals surface area contributed by atoms with E-state index < -0.39 is 11.7 Å². The normalized spacial score (nSPS) is 11.3. The number of nitriles is 1. The summed E-state index contributed by atoms with van der Waals surface area (Å²) in [4.78, 5) is 1.72. The standard InChI is InChI=1S/C13H10ClF3N4/c1-20(2)11-3-4-21(19-11)12-8(7-18)5-9(6-10(12)14)13(15,16)17/h3-6H,1-2H3. The Hall–Kier alpha value is -2.20. The predicted octanol–water partition coefficient (Wildman–Crippen LogP) is 3.48. The molecule has 1 aromatic carbocycles. The van der Waals surface area contributed by atoms with Crippen LogP contribution in [0.4, 0.5) is 19.0 Å². The average Bonchev–Trinajstić information content (AvgIpc) is 2.85. The van der Waals surface area contributed by atoms with E-state index in [0.717, 1.165) is 12.1 Å². The number of aromatic nitrogens is 2. The zero-order valence-electron chi connectivity index (χ0n) is 11.1. The maximum atomic E-state index is 12.7. The molecule has 4 nitrogen and oxygen atoms in total. The first kappa shape index (κ1) is 15.2. The Bertz CT molecular complexity index is 713. The lowest BCUT2D eigenvalue weighted by Gasteiger charge is -2.12. The number of nitrogens with zero attached hydrogens (tertiary/aromatic N) is 4. The minimum atomic E-state index is -4.56. The third-order valence-corrected chi connectivity index (χ3v) is 3.06. The topological polar surface area (TPSA) is 44.9 Å². The highest BCUT2D eigenvalue weighted by molar-refractivity contribution is 6.32. The molecule has 0 unspecified atom stereocenters. The van der Waals surface area contributed by atoms with Gasteiger partial charge in [-0.3, -0.25) is 0 Å². The Morgan fingerprint density at radius 2 is 2.00 bits per heavy atom. The van der Waals surface area contributed by atoms with Gasteiger partial charge in [0.05, 0.1) is 16.1 Å². The number of hydrogen-bond acceptors (Lipinski definition) is 3. The molecule has 2 aromatic rings. The molecular weight excluding hydrogens is 305 g/mol. The largest absolute Gasteiger partial charge is 0.416 e. The smallest absolute Gasteiger partial charge is 0.361 e. The van der Waals surface area contributed by atoms with Gasteiger partial charge in [-0.1, -0.05) is 11.6 Å². The van der Waals surface area contributed by atoms with Crippen LogP contribution in [-0.4, -0.2) is 23.9 Å². The van der Waals surface area contributed by atoms with Crippen molar-refractivity contribution in [3.05, 3.63) is 40.5 Å². The molecule has 0 aliphatic heterocycles. The molecule has 0 aliphatic carbocycles. The summed E-state index contributed by atoms with van der Waals surface area (Å²) in [6.45, 7) is 0. The van der Waals surface area contributed by atoms with Crippen molar-refractivity contribution >= 4 is 17.4 Å². The van der Waals surface area contributed by atoms with Gasteiger partial charge in [0, 0.05) is 26.4 Å². The summed E-state index contributed by atoms with van der Waals surface area (Å²) in [6.07, 6.45) is -3.03. The minimum absolute atomic E-state index is 0.125. The van der Waals surface area contributed by atoms with E-state index >= 15 is 0 Å². The van der Waals surface area contributed by atoms with Crippen LogP contribution in [0.1, 0.15) is 11.1 Å². The van der Waals surface area contributed by atoms with E-state index in [1.807, 2.05) is 0 Å². The molecule has 0 radical (unpaired) electrons. The van der Waals surface area contributed by atoms with Gasteiger partial charge in [0.2, 0.25) is 0 Å². The Morgan fingerprint density at radius 1 is 1.33 bits per heavy atom. The lowest BCUT2D eigenvalue weighted by atomic mass is 10.1. The number of hydrogen-bond donors (Lipinski definition) is 0. The summed E-state index contributed by atoms with van der Waals surface area (Å²) in [5.41, 5.74) is -1.03. The van der Waals surface area contributed by atoms with Crippen LogP contribution in [0.15, 0.2) is 24.4 Å². The summed E-state index contributed by atoms with van der Waals surface area (Å²) >= 11 is 5.92. The van der Waals surface area contributed by atoms with E-state index in [0.29, 0.717) is 5.82 Å². The highest BCUT2D eigenvalue weighted by atomic mass is 35.5. The maximum Gasteiger partial charge on any atom is 0.416 e. The van der Waals surface area contributed by atoms with Gasteiger partial charge in [0.15, 0.2) is 0 Å². The van der Waals surface area contributed by atoms with E-state index in [4.69, 9.17) is 16.9 Å². The zero-order valence-corrected chi connectivity index (χ0v) is 11.9. The molecule has 1 heterocycles. The Labute approximate surface area is 124 Å². The third-order valence-electron chi connectivity index (χ3n) is 2.77. The summed E-state index contributed by atoms with van der Waals surface area (Å²) in [6, 6.07) is 4.94. The first-order valence-corrected chi connectivity index (χ1v) is 6.16. The molecule has 0 amide bonds. The Balaban J connectivity index is 2.61. The van der Waals surface area contributed by atoms with E-state index in [-0.39, 0.29) is 16.3 Å². The zero-order chi connectivity index (χ0) is 15.8. The maximum absolute atomic E-state index is 12.7. The van der Waals surface area contributed by atoms with Crippen molar-refractivity contribution in [2.75, 3.05) is 19.0 Å². The molecule has 0 atom stereocenters. The van der Waals surface area contributed by atoms with Crippen LogP contribution in [0.2, 0.25) is 5.02 Å². The molecule has 110 valence electrons. The molecule has 0 spiro atoms. The van der Waals surface area contributed by atoms with Gasteiger partial charge in [0.25, 0.3) is 0 Å². The number of halogens is 4. The van der Waals surface area contributed by atoms with Gasteiger partial charge in [0.1, 0.15) is 17.6 Å². The molecule has 21 heavy (non-hydrogen) atoms. The Kier molecular flexibility index (Phi) is 3.83. The summed E-state index contributed by atoms with van der Waals surface area (Å²) < 4.78 is 39.5. The summed E-state index contributed by atoms with van der Waals surface area (Å²) in [5, 5.41) is 13.1. The van der Waals surface area contributed by atoms with Gasteiger partial charge < -0.3 is 4.90 Å². The van der Waals surface area contributed by atoms with Crippen LogP contribution in [0.5, 0.6) is 0 Å². The number of rotatable bonds is 2. The third kappa shape index (κ3) is 2.95.